The highest BCUT2D eigenvalue weighted by Gasteiger charge is 2.05. The van der Waals surface area contributed by atoms with Crippen LogP contribution >= 0.6 is 0 Å². The maximum absolute atomic E-state index is 11.1. The number of azide groups is 1. The molecule has 13 heavy (non-hydrogen) atoms. The first-order chi connectivity index (χ1) is 6.04. The van der Waals surface area contributed by atoms with E-state index in [2.05, 4.69) is 10.0 Å². The second-order valence-electron chi connectivity index (χ2n) is 2.46. The topological polar surface area (TPSA) is 82.9 Å². The average molecular weight is 197 g/mol. The van der Waals surface area contributed by atoms with E-state index in [0.717, 1.165) is 6.26 Å². The molecular formula is C7H7N3O2S. The minimum Gasteiger partial charge on any atom is -0.224 e. The summed E-state index contributed by atoms with van der Waals surface area (Å²) in [6.07, 6.45) is 1.10. The molecule has 0 aromatic heterocycles. The van der Waals surface area contributed by atoms with Crippen LogP contribution in [0.4, 0.5) is 5.69 Å². The summed E-state index contributed by atoms with van der Waals surface area (Å²) < 4.78 is 22.1. The zero-order chi connectivity index (χ0) is 9.90. The maximum Gasteiger partial charge on any atom is 0.175 e. The van der Waals surface area contributed by atoms with Crippen LogP contribution in [0.2, 0.25) is 0 Å². The van der Waals surface area contributed by atoms with Gasteiger partial charge in [0.2, 0.25) is 0 Å². The molecule has 0 heterocycles. The zero-order valence-corrected chi connectivity index (χ0v) is 7.69. The van der Waals surface area contributed by atoms with Crippen LogP contribution in [0.3, 0.4) is 0 Å². The minimum absolute atomic E-state index is 0.150. The van der Waals surface area contributed by atoms with Crippen molar-refractivity contribution in [1.29, 1.82) is 0 Å². The van der Waals surface area contributed by atoms with E-state index in [1.807, 2.05) is 0 Å². The Morgan fingerprint density at radius 1 is 1.46 bits per heavy atom. The Balaban J connectivity index is 3.28. The normalized spacial score (nSPS) is 10.5. The molecule has 0 unspecified atom stereocenters. The van der Waals surface area contributed by atoms with Crippen molar-refractivity contribution in [2.75, 3.05) is 6.26 Å². The van der Waals surface area contributed by atoms with Crippen molar-refractivity contribution < 1.29 is 8.42 Å². The Bertz CT molecular complexity index is 460. The summed E-state index contributed by atoms with van der Waals surface area (Å²) in [6.45, 7) is 0. The molecule has 0 bridgehead atoms. The van der Waals surface area contributed by atoms with Crippen molar-refractivity contribution in [2.45, 2.75) is 4.90 Å². The zero-order valence-electron chi connectivity index (χ0n) is 6.88. The largest absolute Gasteiger partial charge is 0.224 e. The summed E-state index contributed by atoms with van der Waals surface area (Å²) in [5, 5.41) is 3.30. The Kier molecular flexibility index (Phi) is 2.55. The summed E-state index contributed by atoms with van der Waals surface area (Å²) in [5.74, 6) is 0. The predicted molar refractivity (Wildman–Crippen MR) is 48.4 cm³/mol. The molecule has 1 aromatic rings. The van der Waals surface area contributed by atoms with E-state index in [1.54, 1.807) is 0 Å². The van der Waals surface area contributed by atoms with Crippen molar-refractivity contribution in [3.8, 4) is 0 Å². The molecule has 0 saturated carbocycles. The summed E-state index contributed by atoms with van der Waals surface area (Å²) >= 11 is 0. The van der Waals surface area contributed by atoms with Gasteiger partial charge in [-0.2, -0.15) is 0 Å². The second kappa shape index (κ2) is 3.47. The number of benzene rings is 1. The summed E-state index contributed by atoms with van der Waals surface area (Å²) in [5.41, 5.74) is 8.42. The Labute approximate surface area is 75.6 Å². The Hall–Kier alpha value is -1.52. The van der Waals surface area contributed by atoms with Crippen molar-refractivity contribution in [3.05, 3.63) is 34.7 Å². The van der Waals surface area contributed by atoms with E-state index < -0.39 is 9.84 Å². The van der Waals surface area contributed by atoms with Gasteiger partial charge in [-0.05, 0) is 17.7 Å². The molecule has 0 amide bonds. The molecule has 0 fully saturated rings. The summed E-state index contributed by atoms with van der Waals surface area (Å²) in [6, 6.07) is 5.84. The smallest absolute Gasteiger partial charge is 0.175 e. The Morgan fingerprint density at radius 3 is 2.69 bits per heavy atom. The van der Waals surface area contributed by atoms with Gasteiger partial charge >= 0.3 is 0 Å². The van der Waals surface area contributed by atoms with Crippen LogP contribution in [0.5, 0.6) is 0 Å². The van der Waals surface area contributed by atoms with Gasteiger partial charge in [0.25, 0.3) is 0 Å². The van der Waals surface area contributed by atoms with Gasteiger partial charge in [0.1, 0.15) is 0 Å². The molecule has 0 saturated heterocycles. The molecule has 0 aliphatic heterocycles. The van der Waals surface area contributed by atoms with Crippen molar-refractivity contribution in [2.24, 2.45) is 5.11 Å². The van der Waals surface area contributed by atoms with Gasteiger partial charge in [-0.3, -0.25) is 0 Å². The van der Waals surface area contributed by atoms with E-state index in [1.165, 1.54) is 24.3 Å². The van der Waals surface area contributed by atoms with Gasteiger partial charge in [-0.25, -0.2) is 8.42 Å². The molecule has 0 radical (unpaired) electrons. The fraction of sp³-hybridized carbons (Fsp3) is 0.143. The first-order valence-electron chi connectivity index (χ1n) is 3.39. The van der Waals surface area contributed by atoms with Crippen LogP contribution < -0.4 is 0 Å². The van der Waals surface area contributed by atoms with Crippen LogP contribution in [0.15, 0.2) is 34.3 Å². The van der Waals surface area contributed by atoms with Crippen molar-refractivity contribution in [3.63, 3.8) is 0 Å². The van der Waals surface area contributed by atoms with Crippen LogP contribution in [0.1, 0.15) is 0 Å². The number of hydrogen-bond donors (Lipinski definition) is 0. The molecule has 0 atom stereocenters. The number of sulfone groups is 1. The molecule has 0 aliphatic rings. The van der Waals surface area contributed by atoms with Gasteiger partial charge in [0.05, 0.1) is 4.90 Å². The monoisotopic (exact) mass is 197 g/mol. The molecule has 68 valence electrons. The van der Waals surface area contributed by atoms with Crippen LogP contribution in [0.25, 0.3) is 10.4 Å². The molecule has 6 heteroatoms. The van der Waals surface area contributed by atoms with E-state index >= 15 is 0 Å². The highest BCUT2D eigenvalue weighted by atomic mass is 32.2. The molecule has 1 aromatic carbocycles. The lowest BCUT2D eigenvalue weighted by atomic mass is 10.3. The van der Waals surface area contributed by atoms with Crippen molar-refractivity contribution in [1.82, 2.24) is 0 Å². The minimum atomic E-state index is -3.23. The third-order valence-corrected chi connectivity index (χ3v) is 2.52. The van der Waals surface area contributed by atoms with Gasteiger partial charge in [-0.1, -0.05) is 17.2 Å². The first-order valence-corrected chi connectivity index (χ1v) is 5.28. The van der Waals surface area contributed by atoms with E-state index in [4.69, 9.17) is 5.53 Å². The second-order valence-corrected chi connectivity index (χ2v) is 4.47. The quantitative estimate of drug-likeness (QED) is 0.413. The van der Waals surface area contributed by atoms with E-state index in [-0.39, 0.29) is 4.90 Å². The lowest BCUT2D eigenvalue weighted by Gasteiger charge is -1.97. The van der Waals surface area contributed by atoms with Gasteiger partial charge < -0.3 is 0 Å². The number of rotatable bonds is 2. The fourth-order valence-electron chi connectivity index (χ4n) is 0.828. The summed E-state index contributed by atoms with van der Waals surface area (Å²) in [4.78, 5) is 2.71. The maximum atomic E-state index is 11.1. The third kappa shape index (κ3) is 2.47. The standard InChI is InChI=1S/C7H7N3O2S/c1-13(11,12)7-4-2-3-6(5-7)9-10-8/h2-5H,1H3. The molecule has 1 rings (SSSR count). The first kappa shape index (κ1) is 9.57. The number of nitrogens with zero attached hydrogens (tertiary/aromatic N) is 3. The van der Waals surface area contributed by atoms with Crippen LogP contribution in [-0.2, 0) is 9.84 Å². The van der Waals surface area contributed by atoms with Crippen molar-refractivity contribution >= 4 is 15.5 Å². The number of hydrogen-bond acceptors (Lipinski definition) is 3. The highest BCUT2D eigenvalue weighted by Crippen LogP contribution is 2.17. The third-order valence-electron chi connectivity index (χ3n) is 1.41. The molecule has 0 aliphatic carbocycles. The molecule has 0 spiro atoms. The van der Waals surface area contributed by atoms with Crippen LogP contribution in [0, 0.1) is 0 Å². The fourth-order valence-corrected chi connectivity index (χ4v) is 1.49. The lowest BCUT2D eigenvalue weighted by molar-refractivity contribution is 0.602. The average Bonchev–Trinajstić information content (AvgIpc) is 2.04. The van der Waals surface area contributed by atoms with Gasteiger partial charge in [0, 0.05) is 16.9 Å². The SMILES string of the molecule is CS(=O)(=O)c1cccc(N=[N+]=[N-])c1. The highest BCUT2D eigenvalue weighted by molar-refractivity contribution is 7.90. The van der Waals surface area contributed by atoms with E-state index in [0.29, 0.717) is 5.69 Å². The van der Waals surface area contributed by atoms with Gasteiger partial charge in [0.15, 0.2) is 9.84 Å². The molecule has 5 nitrogen and oxygen atoms in total. The summed E-state index contributed by atoms with van der Waals surface area (Å²) in [7, 11) is -3.23. The molecular weight excluding hydrogens is 190 g/mol. The Morgan fingerprint density at radius 2 is 2.15 bits per heavy atom. The van der Waals surface area contributed by atoms with Crippen LogP contribution in [-0.4, -0.2) is 14.7 Å². The predicted octanol–water partition coefficient (Wildman–Crippen LogP) is 2.03. The molecule has 0 N–H and O–H groups in total. The lowest BCUT2D eigenvalue weighted by Crippen LogP contribution is -1.95. The van der Waals surface area contributed by atoms with Gasteiger partial charge in [-0.15, -0.1) is 0 Å². The van der Waals surface area contributed by atoms with E-state index in [9.17, 15) is 8.42 Å².